The fourth-order valence-electron chi connectivity index (χ4n) is 8.75. The van der Waals surface area contributed by atoms with Crippen molar-refractivity contribution < 1.29 is 9.31 Å². The maximum absolute atomic E-state index is 6.41. The quantitative estimate of drug-likeness (QED) is 0.154. The summed E-state index contributed by atoms with van der Waals surface area (Å²) >= 11 is 0. The maximum atomic E-state index is 6.41. The molecule has 3 nitrogen and oxygen atoms in total. The zero-order valence-corrected chi connectivity index (χ0v) is 31.6. The van der Waals surface area contributed by atoms with Gasteiger partial charge in [0, 0.05) is 16.6 Å². The Morgan fingerprint density at radius 2 is 1.24 bits per heavy atom. The molecule has 1 saturated heterocycles. The largest absolute Gasteiger partial charge is 0.494 e. The van der Waals surface area contributed by atoms with Gasteiger partial charge in [0.05, 0.1) is 27.8 Å². The summed E-state index contributed by atoms with van der Waals surface area (Å²) in [7, 11) is -0.419. The molecular weight excluding hydrogens is 657 g/mol. The Hall–Kier alpha value is -5.68. The number of hydrogen-bond donors (Lipinski definition) is 0. The molecule has 1 aliphatic heterocycles. The minimum atomic E-state index is -0.437. The fraction of sp³-hybridized carbons (Fsp3) is 0.160. The van der Waals surface area contributed by atoms with Crippen LogP contribution in [0.3, 0.4) is 0 Å². The van der Waals surface area contributed by atoms with Crippen LogP contribution in [0.5, 0.6) is 0 Å². The lowest BCUT2D eigenvalue weighted by Gasteiger charge is -2.33. The Bertz CT molecular complexity index is 2540. The second-order valence-electron chi connectivity index (χ2n) is 15.5. The molecule has 9 rings (SSSR count). The Morgan fingerprint density at radius 3 is 1.91 bits per heavy atom. The molecule has 4 heteroatoms. The molecule has 2 aliphatic rings. The molecule has 0 atom stereocenters. The first-order valence-electron chi connectivity index (χ1n) is 18.9. The molecule has 0 saturated carbocycles. The van der Waals surface area contributed by atoms with E-state index in [4.69, 9.17) is 9.31 Å². The highest BCUT2D eigenvalue weighted by Gasteiger charge is 2.52. The lowest BCUT2D eigenvalue weighted by atomic mass is 9.68. The molecule has 1 aromatic heterocycles. The summed E-state index contributed by atoms with van der Waals surface area (Å²) in [5.41, 5.74) is 14.1. The average molecular weight is 702 g/mol. The number of rotatable bonds is 7. The number of fused-ring (bicyclic) bond motifs is 4. The third kappa shape index (κ3) is 5.05. The van der Waals surface area contributed by atoms with E-state index in [1.165, 1.54) is 33.4 Å². The van der Waals surface area contributed by atoms with E-state index in [1.54, 1.807) is 0 Å². The van der Waals surface area contributed by atoms with Gasteiger partial charge in [0.15, 0.2) is 0 Å². The standard InChI is InChI=1S/C50H44BNO2/c1-7-18-46-40(8-2)43-32-35(34-19-17-24-38(31-34)51-53-48(3,4)49(5,6)54-51)27-30-47(43)52(46)39-28-29-45-42(33-39)41-25-15-16-26-44(41)50(45,36-20-11-9-12-21-36)37-22-13-10-14-23-37/h7-33H,2H2,1,3-6H3/b18-7-. The Kier molecular flexibility index (Phi) is 8.04. The fourth-order valence-corrected chi connectivity index (χ4v) is 8.75. The molecule has 7 aromatic rings. The van der Waals surface area contributed by atoms with Crippen LogP contribution < -0.4 is 5.46 Å². The van der Waals surface area contributed by atoms with Crippen LogP contribution in [-0.2, 0) is 14.7 Å². The predicted octanol–water partition coefficient (Wildman–Crippen LogP) is 11.6. The topological polar surface area (TPSA) is 23.4 Å². The summed E-state index contributed by atoms with van der Waals surface area (Å²) in [5, 5.41) is 1.15. The van der Waals surface area contributed by atoms with Gasteiger partial charge in [0.1, 0.15) is 0 Å². The van der Waals surface area contributed by atoms with Gasteiger partial charge in [-0.15, -0.1) is 0 Å². The number of benzene rings is 6. The number of allylic oxidation sites excluding steroid dienone is 1. The van der Waals surface area contributed by atoms with E-state index < -0.39 is 23.7 Å². The van der Waals surface area contributed by atoms with Gasteiger partial charge in [-0.2, -0.15) is 0 Å². The van der Waals surface area contributed by atoms with Gasteiger partial charge < -0.3 is 13.9 Å². The monoisotopic (exact) mass is 701 g/mol. The summed E-state index contributed by atoms with van der Waals surface area (Å²) in [6.07, 6.45) is 6.32. The van der Waals surface area contributed by atoms with Crippen LogP contribution in [0.2, 0.25) is 0 Å². The van der Waals surface area contributed by atoms with Crippen molar-refractivity contribution in [3.05, 3.63) is 192 Å². The molecular formula is C50H44BNO2. The van der Waals surface area contributed by atoms with Gasteiger partial charge >= 0.3 is 7.12 Å². The molecule has 0 radical (unpaired) electrons. The van der Waals surface area contributed by atoms with E-state index in [0.717, 1.165) is 44.4 Å². The second kappa shape index (κ2) is 12.7. The Labute approximate surface area is 319 Å². The van der Waals surface area contributed by atoms with Crippen LogP contribution in [0.1, 0.15) is 68.1 Å². The summed E-state index contributed by atoms with van der Waals surface area (Å²) in [5.74, 6) is 0. The van der Waals surface area contributed by atoms with Crippen LogP contribution >= 0.6 is 0 Å². The summed E-state index contributed by atoms with van der Waals surface area (Å²) < 4.78 is 15.2. The molecule has 54 heavy (non-hydrogen) atoms. The normalized spacial score (nSPS) is 16.5. The van der Waals surface area contributed by atoms with Crippen LogP contribution in [0.4, 0.5) is 0 Å². The minimum Gasteiger partial charge on any atom is -0.399 e. The van der Waals surface area contributed by atoms with Gasteiger partial charge in [-0.05, 0) is 115 Å². The van der Waals surface area contributed by atoms with E-state index >= 15 is 0 Å². The lowest BCUT2D eigenvalue weighted by molar-refractivity contribution is 0.00578. The van der Waals surface area contributed by atoms with E-state index in [9.17, 15) is 0 Å². The first-order valence-corrected chi connectivity index (χ1v) is 18.9. The van der Waals surface area contributed by atoms with Crippen LogP contribution in [0.15, 0.2) is 158 Å². The smallest absolute Gasteiger partial charge is 0.399 e. The third-order valence-corrected chi connectivity index (χ3v) is 12.0. The van der Waals surface area contributed by atoms with Gasteiger partial charge in [-0.3, -0.25) is 0 Å². The molecule has 1 aliphatic carbocycles. The van der Waals surface area contributed by atoms with Gasteiger partial charge in [0.25, 0.3) is 0 Å². The number of aromatic nitrogens is 1. The van der Waals surface area contributed by atoms with E-state index in [0.29, 0.717) is 0 Å². The van der Waals surface area contributed by atoms with Crippen LogP contribution in [0.25, 0.3) is 51.0 Å². The van der Waals surface area contributed by atoms with Crippen molar-refractivity contribution in [3.63, 3.8) is 0 Å². The van der Waals surface area contributed by atoms with E-state index in [1.807, 2.05) is 6.08 Å². The molecule has 264 valence electrons. The third-order valence-electron chi connectivity index (χ3n) is 12.0. The average Bonchev–Trinajstić information content (AvgIpc) is 3.76. The van der Waals surface area contributed by atoms with Gasteiger partial charge in [-0.25, -0.2) is 0 Å². The molecule has 6 aromatic carbocycles. The number of nitrogens with zero attached hydrogens (tertiary/aromatic N) is 1. The van der Waals surface area contributed by atoms with Gasteiger partial charge in [0.2, 0.25) is 0 Å². The van der Waals surface area contributed by atoms with Crippen molar-refractivity contribution in [3.8, 4) is 27.9 Å². The van der Waals surface area contributed by atoms with Crippen molar-refractivity contribution in [2.45, 2.75) is 51.2 Å². The van der Waals surface area contributed by atoms with E-state index in [-0.39, 0.29) is 0 Å². The number of hydrogen-bond acceptors (Lipinski definition) is 2. The second-order valence-corrected chi connectivity index (χ2v) is 15.5. The highest BCUT2D eigenvalue weighted by atomic mass is 16.7. The molecule has 0 bridgehead atoms. The zero-order chi connectivity index (χ0) is 37.2. The SMILES string of the molecule is C=Cc1c(/C=C\C)n(-c2ccc3c(c2)-c2ccccc2C3(c2ccccc2)c2ccccc2)c2ccc(-c3cccc(B4OC(C)(C)C(C)(C)O4)c3)cc12. The first kappa shape index (κ1) is 34.1. The molecule has 0 unspecified atom stereocenters. The molecule has 0 N–H and O–H groups in total. The van der Waals surface area contributed by atoms with Crippen molar-refractivity contribution in [2.24, 2.45) is 0 Å². The summed E-state index contributed by atoms with van der Waals surface area (Å²) in [6, 6.07) is 53.2. The first-order chi connectivity index (χ1) is 26.2. The highest BCUT2D eigenvalue weighted by Crippen LogP contribution is 2.56. The summed E-state index contributed by atoms with van der Waals surface area (Å²) in [4.78, 5) is 0. The maximum Gasteiger partial charge on any atom is 0.494 e. The van der Waals surface area contributed by atoms with Crippen molar-refractivity contribution in [1.29, 1.82) is 0 Å². The van der Waals surface area contributed by atoms with Crippen molar-refractivity contribution in [2.75, 3.05) is 0 Å². The van der Waals surface area contributed by atoms with Gasteiger partial charge in [-0.1, -0.05) is 140 Å². The highest BCUT2D eigenvalue weighted by molar-refractivity contribution is 6.62. The molecule has 2 heterocycles. The lowest BCUT2D eigenvalue weighted by Crippen LogP contribution is -2.41. The van der Waals surface area contributed by atoms with Crippen molar-refractivity contribution >= 4 is 35.6 Å². The van der Waals surface area contributed by atoms with Crippen LogP contribution in [-0.4, -0.2) is 22.9 Å². The Morgan fingerprint density at radius 1 is 0.611 bits per heavy atom. The zero-order valence-electron chi connectivity index (χ0n) is 31.6. The van der Waals surface area contributed by atoms with E-state index in [2.05, 4.69) is 204 Å². The van der Waals surface area contributed by atoms with Crippen molar-refractivity contribution in [1.82, 2.24) is 4.57 Å². The molecule has 0 spiro atoms. The predicted molar refractivity (Wildman–Crippen MR) is 227 cm³/mol. The Balaban J connectivity index is 1.21. The molecule has 1 fully saturated rings. The van der Waals surface area contributed by atoms with Crippen LogP contribution in [0, 0.1) is 0 Å². The summed E-state index contributed by atoms with van der Waals surface area (Å²) in [6.45, 7) is 14.8. The minimum absolute atomic E-state index is 0.401. The molecule has 0 amide bonds.